The largest absolute Gasteiger partial charge is 0.370 e. The summed E-state index contributed by atoms with van der Waals surface area (Å²) < 4.78 is 0. The van der Waals surface area contributed by atoms with E-state index in [0.29, 0.717) is 25.7 Å². The van der Waals surface area contributed by atoms with Gasteiger partial charge in [-0.15, -0.1) is 0 Å². The number of amides is 8. The number of aromatic nitrogens is 1. The van der Waals surface area contributed by atoms with E-state index in [9.17, 15) is 67.1 Å². The third-order valence-electron chi connectivity index (χ3n) is 17.7. The van der Waals surface area contributed by atoms with Crippen molar-refractivity contribution >= 4 is 92.9 Å². The van der Waals surface area contributed by atoms with E-state index in [1.165, 1.54) is 55.5 Å². The summed E-state index contributed by atoms with van der Waals surface area (Å²) in [7, 11) is 5.06. The van der Waals surface area contributed by atoms with Gasteiger partial charge in [0.1, 0.15) is 23.7 Å². The minimum Gasteiger partial charge on any atom is -0.370 e. The van der Waals surface area contributed by atoms with Gasteiger partial charge in [0.2, 0.25) is 70.4 Å². The van der Waals surface area contributed by atoms with Crippen molar-refractivity contribution < 1.29 is 67.1 Å². The number of likely N-dealkylation sites (N-methyl/N-ethyl adjacent to an activating group) is 1. The van der Waals surface area contributed by atoms with Crippen molar-refractivity contribution in [3.8, 4) is 0 Å². The van der Waals surface area contributed by atoms with Crippen molar-refractivity contribution in [3.63, 3.8) is 0 Å². The standard InChI is InChI=1S/C70H112N14O14.CH5N/c1-41(2)33-50-37-75-54(29-30-57(71)87)61(91)60(90)45(6)79-67(97)55(34-49-36-74-53-28-24-23-27-52(49)53)76-39-56(86)69(10,77-38-51(85)40-84(12)13)31-25-21-19-17-15-14-16-18-20-22-26-32-70(11,83-66(50)96)68(98)82-48(9)65(95)81-47(8)64(94)80-46(7)63(93)78-44(5)59(89)58(88)43(4)73-35-42(3)62(72)92;1-2/h18,20,23-24,27-28,36,41-48,50,54-55,73-77H,14-17,19,21-22,25-26,29-35,37-40H2,1-13H3,(H2,71,87)(H2,72,92)(H,78,93)(H,79,97)(H,80,94)(H,81,95)(H,82,98)(H,83,96);2H2,1H3/b20-18+;/t42-,43-,44-,45?,46?,47-,48?,50+,54-,55-,69+,70-;/m0./s1. The molecular weight excluding hydrogens is 1290 g/mol. The zero-order valence-electron chi connectivity index (χ0n) is 61.4. The number of rotatable bonds is 27. The molecule has 17 N–H and O–H groups in total. The Bertz CT molecular complexity index is 3130. The Morgan fingerprint density at radius 2 is 1.22 bits per heavy atom. The first-order valence-corrected chi connectivity index (χ1v) is 35.0. The van der Waals surface area contributed by atoms with Crippen LogP contribution in [0.4, 0.5) is 0 Å². The average Bonchev–Trinajstić information content (AvgIpc) is 1.47. The molecular formula is C71H117N15O14. The topological polar surface area (TPSA) is 456 Å². The third-order valence-corrected chi connectivity index (χ3v) is 17.7. The van der Waals surface area contributed by atoms with Gasteiger partial charge in [-0.05, 0) is 152 Å². The quantitative estimate of drug-likeness (QED) is 0.0435. The Kier molecular flexibility index (Phi) is 39.1. The molecule has 0 radical (unpaired) electrons. The molecule has 3 rings (SSSR count). The highest BCUT2D eigenvalue weighted by Crippen LogP contribution is 2.23. The van der Waals surface area contributed by atoms with Gasteiger partial charge in [-0.25, -0.2) is 0 Å². The first-order valence-electron chi connectivity index (χ1n) is 35.0. The van der Waals surface area contributed by atoms with Crippen molar-refractivity contribution in [1.29, 1.82) is 0 Å². The second-order valence-corrected chi connectivity index (χ2v) is 27.5. The summed E-state index contributed by atoms with van der Waals surface area (Å²) in [5.41, 5.74) is 14.1. The van der Waals surface area contributed by atoms with Crippen molar-refractivity contribution in [3.05, 3.63) is 48.2 Å². The SMILES string of the molecule is CC(C)C[C@@H]1CN[C@@H](CCC(N)=O)C(=O)C(=O)C(C)NC(=O)[C@H](Cc2c[nH]c3ccccc23)NCC(=O)[C@](C)(NCC(=O)CN(C)C)CCCCCCCC/C=C/CCC[C@@](C)(C(=O)NC(C)C(=O)N[C@@H](C)C(=O)NC(C)C(=O)N[C@@H](C)C(=O)C(=O)[C@H](C)NC[C@H](C)C(N)=O)NC1=O.CN. The highest BCUT2D eigenvalue weighted by Gasteiger charge is 2.40. The molecule has 0 fully saturated rings. The van der Waals surface area contributed by atoms with Crippen LogP contribution in [0.25, 0.3) is 10.9 Å². The molecule has 1 aromatic carbocycles. The van der Waals surface area contributed by atoms with Crippen molar-refractivity contribution in [2.75, 3.05) is 53.9 Å². The lowest BCUT2D eigenvalue weighted by atomic mass is 9.88. The molecule has 1 aliphatic rings. The zero-order valence-corrected chi connectivity index (χ0v) is 61.4. The maximum absolute atomic E-state index is 14.7. The van der Waals surface area contributed by atoms with Crippen molar-refractivity contribution in [2.24, 2.45) is 35.0 Å². The van der Waals surface area contributed by atoms with Crippen molar-refractivity contribution in [2.45, 2.75) is 232 Å². The van der Waals surface area contributed by atoms with Gasteiger partial charge < -0.3 is 69.6 Å². The van der Waals surface area contributed by atoms with Crippen LogP contribution >= 0.6 is 0 Å². The van der Waals surface area contributed by atoms with E-state index >= 15 is 0 Å². The summed E-state index contributed by atoms with van der Waals surface area (Å²) in [4.78, 5) is 194. The first kappa shape index (κ1) is 88.1. The monoisotopic (exact) mass is 1400 g/mol. The number of nitrogens with zero attached hydrogens (tertiary/aromatic N) is 1. The smallest absolute Gasteiger partial charge is 0.246 e. The number of allylic oxidation sites excluding steroid dienone is 2. The molecule has 29 heteroatoms. The molecule has 100 heavy (non-hydrogen) atoms. The molecule has 0 bridgehead atoms. The number of nitrogens with two attached hydrogens (primary N) is 3. The van der Waals surface area contributed by atoms with Gasteiger partial charge in [0.15, 0.2) is 11.6 Å². The second-order valence-electron chi connectivity index (χ2n) is 27.5. The maximum Gasteiger partial charge on any atom is 0.246 e. The molecule has 8 amide bonds. The Hall–Kier alpha value is -7.96. The first-order chi connectivity index (χ1) is 47.0. The van der Waals surface area contributed by atoms with Crippen molar-refractivity contribution in [1.82, 2.24) is 63.1 Å². The van der Waals surface area contributed by atoms with Crippen LogP contribution < -0.4 is 70.4 Å². The minimum absolute atomic E-state index is 0.0390. The number of carbonyl (C=O) groups is 14. The Morgan fingerprint density at radius 1 is 0.660 bits per heavy atom. The van der Waals surface area contributed by atoms with Crippen LogP contribution in [0.3, 0.4) is 0 Å². The van der Waals surface area contributed by atoms with Gasteiger partial charge in [0.25, 0.3) is 0 Å². The number of hydrogen-bond acceptors (Lipinski definition) is 20. The van der Waals surface area contributed by atoms with E-state index in [4.69, 9.17) is 11.5 Å². The lowest BCUT2D eigenvalue weighted by molar-refractivity contribution is -0.140. The number of hydrogen-bond donors (Lipinski definition) is 14. The lowest BCUT2D eigenvalue weighted by Crippen LogP contribution is -2.62. The van der Waals surface area contributed by atoms with Crippen LogP contribution in [0.1, 0.15) is 172 Å². The summed E-state index contributed by atoms with van der Waals surface area (Å²) in [5.74, 6) is -11.8. The number of H-pyrrole nitrogens is 1. The molecule has 2 aromatic rings. The molecule has 29 nitrogen and oxygen atoms in total. The fourth-order valence-corrected chi connectivity index (χ4v) is 11.2. The summed E-state index contributed by atoms with van der Waals surface area (Å²) in [6, 6.07) is -2.55. The molecule has 560 valence electrons. The van der Waals surface area contributed by atoms with E-state index in [1.807, 2.05) is 44.2 Å². The molecule has 1 aliphatic heterocycles. The number of primary amides is 2. The number of fused-ring (bicyclic) bond motifs is 1. The number of para-hydroxylation sites is 1. The predicted molar refractivity (Wildman–Crippen MR) is 382 cm³/mol. The normalized spacial score (nSPS) is 23.1. The minimum atomic E-state index is -1.67. The van der Waals surface area contributed by atoms with Crippen LogP contribution in [0, 0.1) is 17.8 Å². The summed E-state index contributed by atoms with van der Waals surface area (Å²) in [6.45, 7) is 16.3. The number of nitrogens with one attached hydrogen (secondary N) is 11. The van der Waals surface area contributed by atoms with Crippen LogP contribution in [0.5, 0.6) is 0 Å². The van der Waals surface area contributed by atoms with Gasteiger partial charge in [0.05, 0.1) is 61.3 Å². The molecule has 0 aliphatic carbocycles. The summed E-state index contributed by atoms with van der Waals surface area (Å²) >= 11 is 0. The average molecular weight is 1400 g/mol. The number of Topliss-reactive ketones (excluding diaryl/α,β-unsaturated/α-hetero) is 6. The van der Waals surface area contributed by atoms with E-state index in [0.717, 1.165) is 55.0 Å². The van der Waals surface area contributed by atoms with Crippen LogP contribution in [0.2, 0.25) is 0 Å². The number of benzene rings is 1. The van der Waals surface area contributed by atoms with Crippen LogP contribution in [-0.4, -0.2) is 205 Å². The van der Waals surface area contributed by atoms with Gasteiger partial charge in [0, 0.05) is 42.5 Å². The van der Waals surface area contributed by atoms with E-state index in [1.54, 1.807) is 39.0 Å². The zero-order chi connectivity index (χ0) is 75.6. The number of carbonyl (C=O) groups excluding carboxylic acids is 14. The van der Waals surface area contributed by atoms with Gasteiger partial charge in [-0.1, -0.05) is 83.2 Å². The number of ketones is 6. The van der Waals surface area contributed by atoms with Gasteiger partial charge in [-0.3, -0.25) is 77.8 Å². The maximum atomic E-state index is 14.7. The lowest BCUT2D eigenvalue weighted by Gasteiger charge is -2.33. The van der Waals surface area contributed by atoms with E-state index < -0.39 is 142 Å². The Morgan fingerprint density at radius 3 is 1.81 bits per heavy atom. The molecule has 0 spiro atoms. The van der Waals surface area contributed by atoms with E-state index in [-0.39, 0.29) is 82.3 Å². The van der Waals surface area contributed by atoms with Crippen LogP contribution in [-0.2, 0) is 73.5 Å². The molecule has 1 aromatic heterocycles. The Balaban J connectivity index is 0.0000168. The second kappa shape index (κ2) is 44.3. The molecule has 3 unspecified atom stereocenters. The Labute approximate surface area is 589 Å². The fraction of sp³-hybridized carbons (Fsp3) is 0.662. The van der Waals surface area contributed by atoms with E-state index in [2.05, 4.69) is 70.0 Å². The third kappa shape index (κ3) is 30.5. The summed E-state index contributed by atoms with van der Waals surface area (Å²) in [5, 5.41) is 28.7. The predicted octanol–water partition coefficient (Wildman–Crippen LogP) is 0.813. The van der Waals surface area contributed by atoms with Gasteiger partial charge in [-0.2, -0.15) is 0 Å². The fourth-order valence-electron chi connectivity index (χ4n) is 11.2. The highest BCUT2D eigenvalue weighted by molar-refractivity contribution is 6.41. The van der Waals surface area contributed by atoms with Crippen LogP contribution in [0.15, 0.2) is 42.6 Å². The molecule has 2 heterocycles. The number of aromatic amines is 1. The highest BCUT2D eigenvalue weighted by atomic mass is 16.2. The summed E-state index contributed by atoms with van der Waals surface area (Å²) in [6.07, 6.45) is 12.9. The molecule has 0 saturated carbocycles. The molecule has 0 saturated heterocycles. The molecule has 12 atom stereocenters. The van der Waals surface area contributed by atoms with Gasteiger partial charge >= 0.3 is 0 Å².